The molecule has 1 fully saturated rings. The van der Waals surface area contributed by atoms with Crippen LogP contribution in [0.2, 0.25) is 0 Å². The van der Waals surface area contributed by atoms with Crippen LogP contribution in [0.15, 0.2) is 36.5 Å². The summed E-state index contributed by atoms with van der Waals surface area (Å²) in [7, 11) is 1.57. The van der Waals surface area contributed by atoms with Gasteiger partial charge in [0, 0.05) is 37.5 Å². The molecule has 0 spiro atoms. The van der Waals surface area contributed by atoms with Crippen LogP contribution in [0, 0.1) is 6.92 Å². The van der Waals surface area contributed by atoms with Crippen molar-refractivity contribution < 1.29 is 27.6 Å². The van der Waals surface area contributed by atoms with Crippen molar-refractivity contribution in [1.82, 2.24) is 15.2 Å². The SMILES string of the molecule is Cc1ccc(C(=O)Nc2cc(C(=O)NC3CC(=O)N(C)C3)cc(C(F)(F)F)c2)nc1. The van der Waals surface area contributed by atoms with Gasteiger partial charge >= 0.3 is 6.18 Å². The molecule has 30 heavy (non-hydrogen) atoms. The lowest BCUT2D eigenvalue weighted by molar-refractivity contribution is -0.137. The van der Waals surface area contributed by atoms with Crippen LogP contribution in [0.3, 0.4) is 0 Å². The third kappa shape index (κ3) is 4.94. The van der Waals surface area contributed by atoms with Crippen molar-refractivity contribution >= 4 is 23.4 Å². The summed E-state index contributed by atoms with van der Waals surface area (Å²) in [6.45, 7) is 2.05. The number of hydrogen-bond acceptors (Lipinski definition) is 4. The third-order valence-electron chi connectivity index (χ3n) is 4.60. The fourth-order valence-electron chi connectivity index (χ4n) is 3.02. The fourth-order valence-corrected chi connectivity index (χ4v) is 3.02. The molecule has 3 amide bonds. The molecule has 1 aliphatic heterocycles. The van der Waals surface area contributed by atoms with Crippen LogP contribution in [0.4, 0.5) is 18.9 Å². The standard InChI is InChI=1S/C20H19F3N4O3/c1-11-3-4-16(24-9-11)19(30)25-14-6-12(5-13(7-14)20(21,22)23)18(29)26-15-8-17(28)27(2)10-15/h3-7,9,15H,8,10H2,1-2H3,(H,25,30)(H,26,29). The molecule has 3 rings (SSSR count). The molecule has 2 aromatic rings. The Kier molecular flexibility index (Phi) is 5.77. The number of nitrogens with one attached hydrogen (secondary N) is 2. The first-order chi connectivity index (χ1) is 14.0. The van der Waals surface area contributed by atoms with Crippen molar-refractivity contribution in [3.8, 4) is 0 Å². The van der Waals surface area contributed by atoms with E-state index in [2.05, 4.69) is 15.6 Å². The van der Waals surface area contributed by atoms with Gasteiger partial charge in [0.15, 0.2) is 0 Å². The molecule has 1 atom stereocenters. The maximum Gasteiger partial charge on any atom is 0.416 e. The summed E-state index contributed by atoms with van der Waals surface area (Å²) in [5.41, 5.74) is -0.708. The first-order valence-electron chi connectivity index (χ1n) is 9.04. The molecule has 2 N–H and O–H groups in total. The predicted octanol–water partition coefficient (Wildman–Crippen LogP) is 2.62. The van der Waals surface area contributed by atoms with Gasteiger partial charge in [0.2, 0.25) is 5.91 Å². The van der Waals surface area contributed by atoms with Crippen molar-refractivity contribution in [2.45, 2.75) is 25.6 Å². The van der Waals surface area contributed by atoms with E-state index in [1.807, 2.05) is 0 Å². The van der Waals surface area contributed by atoms with Crippen LogP contribution in [0.1, 0.15) is 38.4 Å². The second-order valence-corrected chi connectivity index (χ2v) is 7.12. The lowest BCUT2D eigenvalue weighted by atomic mass is 10.1. The fraction of sp³-hybridized carbons (Fsp3) is 0.300. The molecule has 1 aliphatic rings. The van der Waals surface area contributed by atoms with E-state index in [0.29, 0.717) is 6.07 Å². The first-order valence-corrected chi connectivity index (χ1v) is 9.04. The topological polar surface area (TPSA) is 91.4 Å². The zero-order valence-corrected chi connectivity index (χ0v) is 16.2. The number of nitrogens with zero attached hydrogens (tertiary/aromatic N) is 2. The van der Waals surface area contributed by atoms with Gasteiger partial charge in [-0.1, -0.05) is 6.07 Å². The summed E-state index contributed by atoms with van der Waals surface area (Å²) in [6, 6.07) is 5.19. The second-order valence-electron chi connectivity index (χ2n) is 7.12. The highest BCUT2D eigenvalue weighted by Crippen LogP contribution is 2.32. The lowest BCUT2D eigenvalue weighted by Gasteiger charge is -2.15. The van der Waals surface area contributed by atoms with Crippen molar-refractivity contribution in [3.63, 3.8) is 0 Å². The van der Waals surface area contributed by atoms with E-state index in [1.165, 1.54) is 17.2 Å². The number of halogens is 3. The Hall–Kier alpha value is -3.43. The number of alkyl halides is 3. The van der Waals surface area contributed by atoms with Gasteiger partial charge < -0.3 is 15.5 Å². The Morgan fingerprint density at radius 2 is 1.90 bits per heavy atom. The highest BCUT2D eigenvalue weighted by Gasteiger charge is 2.33. The third-order valence-corrected chi connectivity index (χ3v) is 4.60. The van der Waals surface area contributed by atoms with E-state index in [1.54, 1.807) is 20.0 Å². The van der Waals surface area contributed by atoms with Crippen LogP contribution in [0.25, 0.3) is 0 Å². The predicted molar refractivity (Wildman–Crippen MR) is 102 cm³/mol. The van der Waals surface area contributed by atoms with Crippen molar-refractivity contribution in [3.05, 3.63) is 58.9 Å². The van der Waals surface area contributed by atoms with E-state index in [-0.39, 0.29) is 35.8 Å². The number of anilines is 1. The van der Waals surface area contributed by atoms with Crippen LogP contribution >= 0.6 is 0 Å². The Labute approximate surface area is 170 Å². The lowest BCUT2D eigenvalue weighted by Crippen LogP contribution is -2.36. The number of aryl methyl sites for hydroxylation is 1. The second kappa shape index (κ2) is 8.13. The Morgan fingerprint density at radius 1 is 1.17 bits per heavy atom. The molecule has 158 valence electrons. The summed E-state index contributed by atoms with van der Waals surface area (Å²) in [5.74, 6) is -1.63. The van der Waals surface area contributed by atoms with Gasteiger partial charge in [0.05, 0.1) is 11.6 Å². The zero-order valence-electron chi connectivity index (χ0n) is 16.2. The van der Waals surface area contributed by atoms with E-state index in [9.17, 15) is 27.6 Å². The van der Waals surface area contributed by atoms with Crippen molar-refractivity contribution in [1.29, 1.82) is 0 Å². The molecule has 1 unspecified atom stereocenters. The Morgan fingerprint density at radius 3 is 2.47 bits per heavy atom. The number of pyridine rings is 1. The molecule has 0 bridgehead atoms. The van der Waals surface area contributed by atoms with Crippen LogP contribution in [-0.4, -0.2) is 47.2 Å². The number of carbonyl (C=O) groups is 3. The van der Waals surface area contributed by atoms with E-state index >= 15 is 0 Å². The zero-order chi connectivity index (χ0) is 22.1. The number of aromatic nitrogens is 1. The van der Waals surface area contributed by atoms with Crippen LogP contribution < -0.4 is 10.6 Å². The summed E-state index contributed by atoms with van der Waals surface area (Å²) < 4.78 is 39.9. The summed E-state index contributed by atoms with van der Waals surface area (Å²) in [4.78, 5) is 41.8. The maximum atomic E-state index is 13.3. The van der Waals surface area contributed by atoms with E-state index in [4.69, 9.17) is 0 Å². The van der Waals surface area contributed by atoms with Gasteiger partial charge in [0.25, 0.3) is 11.8 Å². The molecule has 1 aromatic carbocycles. The van der Waals surface area contributed by atoms with Crippen molar-refractivity contribution in [2.75, 3.05) is 18.9 Å². The average molecular weight is 420 g/mol. The molecule has 0 radical (unpaired) electrons. The molecule has 1 saturated heterocycles. The molecule has 0 aliphatic carbocycles. The minimum atomic E-state index is -4.72. The monoisotopic (exact) mass is 420 g/mol. The summed E-state index contributed by atoms with van der Waals surface area (Å²) >= 11 is 0. The first kappa shape index (κ1) is 21.3. The van der Waals surface area contributed by atoms with Crippen molar-refractivity contribution in [2.24, 2.45) is 0 Å². The van der Waals surface area contributed by atoms with Gasteiger partial charge in [-0.25, -0.2) is 0 Å². The Bertz CT molecular complexity index is 990. The minimum absolute atomic E-state index is 0.0246. The summed E-state index contributed by atoms with van der Waals surface area (Å²) in [6.07, 6.45) is -3.19. The molecule has 1 aromatic heterocycles. The molecule has 0 saturated carbocycles. The average Bonchev–Trinajstić information content (AvgIpc) is 2.98. The number of hydrogen-bond donors (Lipinski definition) is 2. The molecular formula is C20H19F3N4O3. The Balaban J connectivity index is 1.84. The molecule has 7 nitrogen and oxygen atoms in total. The van der Waals surface area contributed by atoms with Gasteiger partial charge in [-0.2, -0.15) is 13.2 Å². The van der Waals surface area contributed by atoms with E-state index in [0.717, 1.165) is 17.7 Å². The number of benzene rings is 1. The van der Waals surface area contributed by atoms with Gasteiger partial charge in [-0.3, -0.25) is 19.4 Å². The van der Waals surface area contributed by atoms with E-state index < -0.39 is 29.6 Å². The summed E-state index contributed by atoms with van der Waals surface area (Å²) in [5, 5.41) is 4.91. The number of carbonyl (C=O) groups excluding carboxylic acids is 3. The largest absolute Gasteiger partial charge is 0.416 e. The molecule has 10 heteroatoms. The van der Waals surface area contributed by atoms with Gasteiger partial charge in [-0.15, -0.1) is 0 Å². The number of rotatable bonds is 4. The van der Waals surface area contributed by atoms with Gasteiger partial charge in [-0.05, 0) is 36.8 Å². The smallest absolute Gasteiger partial charge is 0.347 e. The maximum absolute atomic E-state index is 13.3. The minimum Gasteiger partial charge on any atom is -0.347 e. The quantitative estimate of drug-likeness (QED) is 0.796. The van der Waals surface area contributed by atoms with Crippen LogP contribution in [-0.2, 0) is 11.0 Å². The number of likely N-dealkylation sites (tertiary alicyclic amines) is 1. The highest BCUT2D eigenvalue weighted by atomic mass is 19.4. The van der Waals surface area contributed by atoms with Crippen LogP contribution in [0.5, 0.6) is 0 Å². The number of amides is 3. The normalized spacial score (nSPS) is 16.5. The molecule has 2 heterocycles. The van der Waals surface area contributed by atoms with Gasteiger partial charge in [0.1, 0.15) is 5.69 Å². The highest BCUT2D eigenvalue weighted by molar-refractivity contribution is 6.04. The number of likely N-dealkylation sites (N-methyl/N-ethyl adjacent to an activating group) is 1. The molecular weight excluding hydrogens is 401 g/mol.